The molecule has 1 N–H and O–H groups in total. The number of hydrogen-bond donors (Lipinski definition) is 1. The lowest BCUT2D eigenvalue weighted by Gasteiger charge is -2.32. The summed E-state index contributed by atoms with van der Waals surface area (Å²) >= 11 is 5.72. The molecular weight excluding hydrogens is 338 g/mol. The minimum Gasteiger partial charge on any atom is -0.465 e. The van der Waals surface area contributed by atoms with Crippen LogP contribution in [0.15, 0.2) is 48.5 Å². The van der Waals surface area contributed by atoms with E-state index in [0.29, 0.717) is 0 Å². The molecule has 0 radical (unpaired) electrons. The minimum atomic E-state index is -1.13. The van der Waals surface area contributed by atoms with Crippen LogP contribution in [0.25, 0.3) is 11.1 Å². The molecule has 25 heavy (non-hydrogen) atoms. The molecule has 1 atom stereocenters. The van der Waals surface area contributed by atoms with Crippen LogP contribution in [-0.2, 0) is 4.79 Å². The fraction of sp³-hybridized carbons (Fsp3) is 0.300. The van der Waals surface area contributed by atoms with Crippen molar-refractivity contribution in [2.24, 2.45) is 5.92 Å². The van der Waals surface area contributed by atoms with Crippen LogP contribution in [0.1, 0.15) is 30.9 Å². The van der Waals surface area contributed by atoms with Gasteiger partial charge in [0.25, 0.3) is 0 Å². The van der Waals surface area contributed by atoms with Crippen LogP contribution in [0, 0.1) is 5.92 Å². The summed E-state index contributed by atoms with van der Waals surface area (Å²) in [5, 5.41) is 9.07. The van der Waals surface area contributed by atoms with E-state index in [4.69, 9.17) is 11.6 Å². The number of fused-ring (bicyclic) bond motifs is 3. The molecular formula is C20H20ClNO3. The van der Waals surface area contributed by atoms with Crippen molar-refractivity contribution in [1.29, 1.82) is 0 Å². The van der Waals surface area contributed by atoms with E-state index in [-0.39, 0.29) is 18.4 Å². The molecule has 4 nitrogen and oxygen atoms in total. The van der Waals surface area contributed by atoms with Crippen molar-refractivity contribution in [3.63, 3.8) is 0 Å². The number of hydrogen-bond acceptors (Lipinski definition) is 2. The van der Waals surface area contributed by atoms with Crippen molar-refractivity contribution in [3.05, 3.63) is 59.7 Å². The van der Waals surface area contributed by atoms with Crippen LogP contribution < -0.4 is 0 Å². The zero-order chi connectivity index (χ0) is 18.1. The number of carbonyl (C=O) groups excluding carboxylic acids is 1. The van der Waals surface area contributed by atoms with Crippen LogP contribution >= 0.6 is 11.6 Å². The zero-order valence-corrected chi connectivity index (χ0v) is 14.9. The normalized spacial score (nSPS) is 14.1. The Bertz CT molecular complexity index is 773. The molecule has 130 valence electrons. The summed E-state index contributed by atoms with van der Waals surface area (Å²) in [7, 11) is 0. The molecule has 3 rings (SSSR count). The quantitative estimate of drug-likeness (QED) is 0.797. The number of carboxylic acid groups (broad SMARTS) is 1. The Hall–Kier alpha value is -2.33. The van der Waals surface area contributed by atoms with E-state index in [1.54, 1.807) is 13.8 Å². The smallest absolute Gasteiger partial charge is 0.407 e. The van der Waals surface area contributed by atoms with Gasteiger partial charge in [0.05, 0.1) is 0 Å². The monoisotopic (exact) mass is 357 g/mol. The highest BCUT2D eigenvalue weighted by atomic mass is 35.5. The van der Waals surface area contributed by atoms with Crippen LogP contribution in [-0.4, -0.2) is 33.9 Å². The molecule has 0 aliphatic heterocycles. The van der Waals surface area contributed by atoms with E-state index in [0.717, 1.165) is 22.3 Å². The third kappa shape index (κ3) is 3.14. The topological polar surface area (TPSA) is 57.6 Å². The summed E-state index contributed by atoms with van der Waals surface area (Å²) in [5.74, 6) is -0.311. The first-order chi connectivity index (χ1) is 11.9. The van der Waals surface area contributed by atoms with Gasteiger partial charge in [0.2, 0.25) is 5.24 Å². The first kappa shape index (κ1) is 17.5. The maximum absolute atomic E-state index is 11.9. The predicted octanol–water partition coefficient (Wildman–Crippen LogP) is 4.57. The third-order valence-corrected chi connectivity index (χ3v) is 5.01. The molecule has 0 saturated heterocycles. The van der Waals surface area contributed by atoms with E-state index >= 15 is 0 Å². The first-order valence-electron chi connectivity index (χ1n) is 8.29. The predicted molar refractivity (Wildman–Crippen MR) is 97.9 cm³/mol. The Labute approximate surface area is 152 Å². The van der Waals surface area contributed by atoms with Gasteiger partial charge in [0.15, 0.2) is 0 Å². The summed E-state index contributed by atoms with van der Waals surface area (Å²) in [6.45, 7) is 3.81. The SMILES string of the molecule is CC(C)C(C(=O)Cl)N(CC1c2ccccc2-c2ccccc21)C(=O)O. The summed E-state index contributed by atoms with van der Waals surface area (Å²) in [4.78, 5) is 24.9. The highest BCUT2D eigenvalue weighted by Gasteiger charge is 2.36. The zero-order valence-electron chi connectivity index (χ0n) is 14.1. The number of benzene rings is 2. The second kappa shape index (κ2) is 6.89. The highest BCUT2D eigenvalue weighted by Crippen LogP contribution is 2.45. The Balaban J connectivity index is 2.03. The molecule has 1 aliphatic rings. The van der Waals surface area contributed by atoms with Gasteiger partial charge in [-0.3, -0.25) is 9.69 Å². The van der Waals surface area contributed by atoms with Crippen molar-refractivity contribution >= 4 is 22.9 Å². The molecule has 1 aliphatic carbocycles. The summed E-state index contributed by atoms with van der Waals surface area (Å²) in [6, 6.07) is 15.1. The van der Waals surface area contributed by atoms with E-state index in [1.807, 2.05) is 48.5 Å². The number of amides is 1. The van der Waals surface area contributed by atoms with Crippen molar-refractivity contribution in [2.45, 2.75) is 25.8 Å². The molecule has 2 aromatic rings. The number of nitrogens with zero attached hydrogens (tertiary/aromatic N) is 1. The van der Waals surface area contributed by atoms with Gasteiger partial charge in [-0.2, -0.15) is 0 Å². The fourth-order valence-electron chi connectivity index (χ4n) is 3.71. The first-order valence-corrected chi connectivity index (χ1v) is 8.66. The number of carbonyl (C=O) groups is 2. The van der Waals surface area contributed by atoms with Gasteiger partial charge in [0, 0.05) is 12.5 Å². The molecule has 0 aromatic heterocycles. The van der Waals surface area contributed by atoms with E-state index in [9.17, 15) is 14.7 Å². The second-order valence-corrected chi connectivity index (χ2v) is 7.03. The van der Waals surface area contributed by atoms with Gasteiger partial charge in [-0.05, 0) is 39.8 Å². The van der Waals surface area contributed by atoms with Gasteiger partial charge in [-0.25, -0.2) is 4.79 Å². The minimum absolute atomic E-state index is 0.110. The van der Waals surface area contributed by atoms with Crippen LogP contribution in [0.4, 0.5) is 4.79 Å². The number of rotatable bonds is 5. The van der Waals surface area contributed by atoms with Crippen LogP contribution in [0.5, 0.6) is 0 Å². The number of halogens is 1. The molecule has 5 heteroatoms. The lowest BCUT2D eigenvalue weighted by atomic mass is 9.94. The second-order valence-electron chi connectivity index (χ2n) is 6.65. The lowest BCUT2D eigenvalue weighted by molar-refractivity contribution is -0.117. The summed E-state index contributed by atoms with van der Waals surface area (Å²) in [6.07, 6.45) is -1.13. The maximum Gasteiger partial charge on any atom is 0.407 e. The van der Waals surface area contributed by atoms with Crippen molar-refractivity contribution in [3.8, 4) is 11.1 Å². The molecule has 0 fully saturated rings. The molecule has 2 aromatic carbocycles. The van der Waals surface area contributed by atoms with Crippen molar-refractivity contribution in [1.82, 2.24) is 4.90 Å². The Kier molecular flexibility index (Phi) is 4.82. The third-order valence-electron chi connectivity index (χ3n) is 4.79. The van der Waals surface area contributed by atoms with E-state index in [1.165, 1.54) is 4.90 Å². The Morgan fingerprint density at radius 3 is 1.92 bits per heavy atom. The fourth-order valence-corrected chi connectivity index (χ4v) is 4.08. The van der Waals surface area contributed by atoms with Crippen LogP contribution in [0.2, 0.25) is 0 Å². The van der Waals surface area contributed by atoms with Gasteiger partial charge in [-0.15, -0.1) is 0 Å². The van der Waals surface area contributed by atoms with Gasteiger partial charge in [-0.1, -0.05) is 62.4 Å². The molecule has 0 heterocycles. The van der Waals surface area contributed by atoms with Gasteiger partial charge in [0.1, 0.15) is 6.04 Å². The summed E-state index contributed by atoms with van der Waals surface area (Å²) in [5.41, 5.74) is 4.40. The van der Waals surface area contributed by atoms with Crippen LogP contribution in [0.3, 0.4) is 0 Å². The summed E-state index contributed by atoms with van der Waals surface area (Å²) < 4.78 is 0. The molecule has 0 bridgehead atoms. The van der Waals surface area contributed by atoms with Gasteiger partial charge >= 0.3 is 6.09 Å². The van der Waals surface area contributed by atoms with E-state index in [2.05, 4.69) is 0 Å². The molecule has 0 spiro atoms. The van der Waals surface area contributed by atoms with E-state index < -0.39 is 17.4 Å². The average molecular weight is 358 g/mol. The molecule has 1 unspecified atom stereocenters. The molecule has 0 saturated carbocycles. The van der Waals surface area contributed by atoms with Gasteiger partial charge < -0.3 is 5.11 Å². The maximum atomic E-state index is 11.9. The standard InChI is InChI=1S/C20H20ClNO3/c1-12(2)18(19(21)23)22(20(24)25)11-17-15-9-5-3-7-13(15)14-8-4-6-10-16(14)17/h3-10,12,17-18H,11H2,1-2H3,(H,24,25). The Morgan fingerprint density at radius 1 is 1.04 bits per heavy atom. The van der Waals surface area contributed by atoms with Crippen molar-refractivity contribution in [2.75, 3.05) is 6.54 Å². The lowest BCUT2D eigenvalue weighted by Crippen LogP contribution is -2.47. The highest BCUT2D eigenvalue weighted by molar-refractivity contribution is 6.64. The largest absolute Gasteiger partial charge is 0.465 e. The Morgan fingerprint density at radius 2 is 1.52 bits per heavy atom. The molecule has 1 amide bonds. The van der Waals surface area contributed by atoms with Crippen molar-refractivity contribution < 1.29 is 14.7 Å². The average Bonchev–Trinajstić information content (AvgIpc) is 2.88.